The zero-order chi connectivity index (χ0) is 19.3. The molecule has 4 amide bonds. The summed E-state index contributed by atoms with van der Waals surface area (Å²) in [5.41, 5.74) is -0.387. The van der Waals surface area contributed by atoms with Gasteiger partial charge in [-0.3, -0.25) is 19.2 Å². The van der Waals surface area contributed by atoms with Gasteiger partial charge in [-0.25, -0.2) is 9.59 Å². The topological polar surface area (TPSA) is 180 Å². The number of hydrogen-bond donors (Lipinski definition) is 5. The molecule has 0 aromatic rings. The first-order chi connectivity index (χ1) is 12.3. The summed E-state index contributed by atoms with van der Waals surface area (Å²) in [6, 6.07) is -2.24. The van der Waals surface area contributed by atoms with Crippen LogP contribution in [-0.4, -0.2) is 72.5 Å². The van der Waals surface area contributed by atoms with E-state index in [2.05, 4.69) is 21.3 Å². The third-order valence-corrected chi connectivity index (χ3v) is 3.51. The first-order valence-electron chi connectivity index (χ1n) is 7.51. The lowest BCUT2D eigenvalue weighted by Gasteiger charge is -2.24. The monoisotopic (exact) mass is 368 g/mol. The van der Waals surface area contributed by atoms with Crippen molar-refractivity contribution in [2.75, 3.05) is 19.7 Å². The van der Waals surface area contributed by atoms with E-state index in [1.54, 1.807) is 0 Å². The third-order valence-electron chi connectivity index (χ3n) is 3.51. The van der Waals surface area contributed by atoms with Gasteiger partial charge in [-0.2, -0.15) is 0 Å². The second kappa shape index (κ2) is 8.09. The summed E-state index contributed by atoms with van der Waals surface area (Å²) in [5.74, 6) is -4.63. The molecule has 0 spiro atoms. The Hall–Kier alpha value is -3.44. The second-order valence-electron chi connectivity index (χ2n) is 5.49. The van der Waals surface area contributed by atoms with Crippen molar-refractivity contribution in [3.8, 4) is 0 Å². The van der Waals surface area contributed by atoms with Gasteiger partial charge >= 0.3 is 11.9 Å². The van der Waals surface area contributed by atoms with E-state index in [9.17, 15) is 28.8 Å². The minimum Gasteiger partial charge on any atom is -0.478 e. The van der Waals surface area contributed by atoms with Crippen molar-refractivity contribution in [1.82, 2.24) is 21.3 Å². The van der Waals surface area contributed by atoms with Gasteiger partial charge in [0.25, 0.3) is 0 Å². The minimum absolute atomic E-state index is 0.191. The molecule has 2 unspecified atom stereocenters. The Morgan fingerprint density at radius 3 is 2.12 bits per heavy atom. The van der Waals surface area contributed by atoms with Crippen LogP contribution in [0.15, 0.2) is 11.6 Å². The molecule has 2 fully saturated rings. The zero-order valence-corrected chi connectivity index (χ0v) is 13.4. The highest BCUT2D eigenvalue weighted by Crippen LogP contribution is 2.11. The Labute approximate surface area is 146 Å². The van der Waals surface area contributed by atoms with Crippen LogP contribution in [-0.2, 0) is 33.5 Å². The van der Waals surface area contributed by atoms with E-state index in [0.717, 1.165) is 0 Å². The predicted molar refractivity (Wildman–Crippen MR) is 81.2 cm³/mol. The van der Waals surface area contributed by atoms with Gasteiger partial charge in [-0.05, 0) is 0 Å². The average Bonchev–Trinajstić information content (AvgIpc) is 2.57. The minimum atomic E-state index is -1.46. The number of nitrogens with one attached hydrogen (secondary N) is 4. The van der Waals surface area contributed by atoms with Crippen LogP contribution < -0.4 is 21.3 Å². The molecule has 2 rings (SSSR count). The highest BCUT2D eigenvalue weighted by molar-refractivity contribution is 5.99. The fraction of sp³-hybridized carbons (Fsp3) is 0.429. The van der Waals surface area contributed by atoms with Crippen LogP contribution in [0, 0.1) is 0 Å². The van der Waals surface area contributed by atoms with E-state index in [4.69, 9.17) is 9.84 Å². The molecule has 0 radical (unpaired) electrons. The van der Waals surface area contributed by atoms with E-state index in [1.165, 1.54) is 0 Å². The van der Waals surface area contributed by atoms with Crippen molar-refractivity contribution >= 4 is 35.6 Å². The molecule has 26 heavy (non-hydrogen) atoms. The average molecular weight is 368 g/mol. The number of ether oxygens (including phenoxy) is 1. The van der Waals surface area contributed by atoms with Gasteiger partial charge in [-0.15, -0.1) is 0 Å². The third kappa shape index (κ3) is 5.03. The predicted octanol–water partition coefficient (Wildman–Crippen LogP) is -3.84. The Morgan fingerprint density at radius 1 is 1.00 bits per heavy atom. The zero-order valence-electron chi connectivity index (χ0n) is 13.4. The van der Waals surface area contributed by atoms with Gasteiger partial charge in [0.15, 0.2) is 0 Å². The summed E-state index contributed by atoms with van der Waals surface area (Å²) >= 11 is 0. The molecule has 0 aromatic heterocycles. The SMILES string of the molecule is O=C(O)C=C(CC1NC(=O)CNC1=O)C(=O)OCC1NC(=O)CNC1=O. The van der Waals surface area contributed by atoms with Crippen molar-refractivity contribution in [2.45, 2.75) is 18.5 Å². The first kappa shape index (κ1) is 18.9. The van der Waals surface area contributed by atoms with E-state index in [1.807, 2.05) is 0 Å². The summed E-state index contributed by atoms with van der Waals surface area (Å²) in [6.45, 7) is -0.922. The van der Waals surface area contributed by atoms with Gasteiger partial charge in [0.1, 0.15) is 18.7 Å². The Bertz CT molecular complexity index is 701. The molecule has 0 aliphatic carbocycles. The fourth-order valence-electron chi connectivity index (χ4n) is 2.29. The molecule has 12 heteroatoms. The highest BCUT2D eigenvalue weighted by Gasteiger charge is 2.31. The first-order valence-corrected chi connectivity index (χ1v) is 7.51. The van der Waals surface area contributed by atoms with Crippen molar-refractivity contribution in [3.63, 3.8) is 0 Å². The molecule has 2 saturated heterocycles. The molecular weight excluding hydrogens is 352 g/mol. The van der Waals surface area contributed by atoms with Gasteiger partial charge in [0.05, 0.1) is 13.1 Å². The Morgan fingerprint density at radius 2 is 1.54 bits per heavy atom. The van der Waals surface area contributed by atoms with Gasteiger partial charge in [0.2, 0.25) is 23.6 Å². The maximum atomic E-state index is 12.1. The summed E-state index contributed by atoms with van der Waals surface area (Å²) in [5, 5.41) is 18.1. The van der Waals surface area contributed by atoms with Crippen molar-refractivity contribution < 1.29 is 38.6 Å². The standard InChI is InChI=1S/C14H16N4O8/c19-9-3-15-12(23)7(17-9)1-6(2-11(21)22)14(25)26-5-8-13(24)16-4-10(20)18-8/h2,7-8H,1,3-5H2,(H,15,23)(H,16,24)(H,17,19)(H,18,20)(H,21,22). The smallest absolute Gasteiger partial charge is 0.334 e. The largest absolute Gasteiger partial charge is 0.478 e. The maximum absolute atomic E-state index is 12.1. The molecule has 2 aliphatic rings. The van der Waals surface area contributed by atoms with E-state index in [0.29, 0.717) is 6.08 Å². The molecule has 140 valence electrons. The number of esters is 1. The van der Waals surface area contributed by atoms with E-state index < -0.39 is 60.7 Å². The quantitative estimate of drug-likeness (QED) is 0.233. The number of rotatable bonds is 6. The number of carbonyl (C=O) groups excluding carboxylic acids is 5. The lowest BCUT2D eigenvalue weighted by Crippen LogP contribution is -2.58. The van der Waals surface area contributed by atoms with Crippen LogP contribution in [0.4, 0.5) is 0 Å². The van der Waals surface area contributed by atoms with Crippen molar-refractivity contribution in [2.24, 2.45) is 0 Å². The Balaban J connectivity index is 2.01. The molecule has 12 nitrogen and oxygen atoms in total. The molecule has 0 saturated carbocycles. The van der Waals surface area contributed by atoms with Crippen LogP contribution >= 0.6 is 0 Å². The molecule has 2 atom stereocenters. The molecule has 5 N–H and O–H groups in total. The normalized spacial score (nSPS) is 23.3. The van der Waals surface area contributed by atoms with E-state index in [-0.39, 0.29) is 18.7 Å². The molecular formula is C14H16N4O8. The van der Waals surface area contributed by atoms with Crippen LogP contribution in [0.2, 0.25) is 0 Å². The number of aliphatic carboxylic acids is 1. The summed E-state index contributed by atoms with van der Waals surface area (Å²) in [7, 11) is 0. The Kier molecular flexibility index (Phi) is 5.88. The number of amides is 4. The van der Waals surface area contributed by atoms with Crippen LogP contribution in [0.1, 0.15) is 6.42 Å². The summed E-state index contributed by atoms with van der Waals surface area (Å²) in [4.78, 5) is 68.9. The van der Waals surface area contributed by atoms with Crippen LogP contribution in [0.3, 0.4) is 0 Å². The molecule has 0 bridgehead atoms. The lowest BCUT2D eigenvalue weighted by molar-refractivity contribution is -0.144. The maximum Gasteiger partial charge on any atom is 0.334 e. The van der Waals surface area contributed by atoms with Crippen LogP contribution in [0.25, 0.3) is 0 Å². The van der Waals surface area contributed by atoms with Crippen LogP contribution in [0.5, 0.6) is 0 Å². The number of carboxylic acids is 1. The van der Waals surface area contributed by atoms with Gasteiger partial charge in [-0.1, -0.05) is 0 Å². The van der Waals surface area contributed by atoms with E-state index >= 15 is 0 Å². The molecule has 2 aliphatic heterocycles. The number of carboxylic acid groups (broad SMARTS) is 1. The number of piperazine rings is 2. The number of hydrogen-bond acceptors (Lipinski definition) is 7. The van der Waals surface area contributed by atoms with Crippen molar-refractivity contribution in [1.29, 1.82) is 0 Å². The lowest BCUT2D eigenvalue weighted by atomic mass is 10.0. The summed E-state index contributed by atoms with van der Waals surface area (Å²) in [6.07, 6.45) is 0.141. The number of carbonyl (C=O) groups is 6. The highest BCUT2D eigenvalue weighted by atomic mass is 16.5. The van der Waals surface area contributed by atoms with Crippen molar-refractivity contribution in [3.05, 3.63) is 11.6 Å². The molecule has 0 aromatic carbocycles. The molecule has 2 heterocycles. The second-order valence-corrected chi connectivity index (χ2v) is 5.49. The van der Waals surface area contributed by atoms with Gasteiger partial charge in [0, 0.05) is 18.1 Å². The summed E-state index contributed by atoms with van der Waals surface area (Å²) < 4.78 is 4.88. The van der Waals surface area contributed by atoms with Gasteiger partial charge < -0.3 is 31.1 Å². The fourth-order valence-corrected chi connectivity index (χ4v) is 2.29.